The third-order valence-electron chi connectivity index (χ3n) is 3.88. The number of rotatable bonds is 5. The van der Waals surface area contributed by atoms with Crippen molar-refractivity contribution in [2.45, 2.75) is 39.0 Å². The average molecular weight is 278 g/mol. The van der Waals surface area contributed by atoms with Crippen LogP contribution < -0.4 is 11.1 Å². The van der Waals surface area contributed by atoms with E-state index in [4.69, 9.17) is 18.0 Å². The first kappa shape index (κ1) is 14.2. The molecule has 2 atom stereocenters. The molecule has 4 nitrogen and oxygen atoms in total. The van der Waals surface area contributed by atoms with Crippen LogP contribution in [0.1, 0.15) is 44.6 Å². The van der Waals surface area contributed by atoms with Gasteiger partial charge >= 0.3 is 0 Å². The fourth-order valence-electron chi connectivity index (χ4n) is 2.88. The number of anilines is 1. The summed E-state index contributed by atoms with van der Waals surface area (Å²) in [5.41, 5.74) is 6.45. The molecule has 0 aromatic carbocycles. The van der Waals surface area contributed by atoms with E-state index in [1.54, 1.807) is 12.3 Å². The number of hydrogen-bond donors (Lipinski definition) is 2. The van der Waals surface area contributed by atoms with Crippen molar-refractivity contribution in [3.8, 4) is 0 Å². The first-order valence-corrected chi connectivity index (χ1v) is 7.43. The molecule has 1 aliphatic carbocycles. The highest BCUT2D eigenvalue weighted by Crippen LogP contribution is 2.30. The van der Waals surface area contributed by atoms with Gasteiger partial charge in [-0.1, -0.05) is 38.4 Å². The average Bonchev–Trinajstić information content (AvgIpc) is 2.39. The smallest absolute Gasteiger partial charge is 0.158 e. The van der Waals surface area contributed by atoms with Crippen molar-refractivity contribution in [3.05, 3.63) is 17.8 Å². The van der Waals surface area contributed by atoms with Gasteiger partial charge in [-0.15, -0.1) is 5.10 Å². The molecule has 5 heteroatoms. The van der Waals surface area contributed by atoms with E-state index in [0.29, 0.717) is 10.8 Å². The lowest BCUT2D eigenvalue weighted by molar-refractivity contribution is 0.274. The molecule has 1 aromatic heterocycles. The van der Waals surface area contributed by atoms with Gasteiger partial charge in [0.05, 0.1) is 11.8 Å². The molecule has 1 heterocycles. The summed E-state index contributed by atoms with van der Waals surface area (Å²) < 4.78 is 0. The zero-order chi connectivity index (χ0) is 13.7. The van der Waals surface area contributed by atoms with Crippen LogP contribution >= 0.6 is 12.2 Å². The zero-order valence-electron chi connectivity index (χ0n) is 11.4. The summed E-state index contributed by atoms with van der Waals surface area (Å²) in [6.45, 7) is 3.26. The van der Waals surface area contributed by atoms with Gasteiger partial charge in [-0.05, 0) is 30.7 Å². The minimum atomic E-state index is 0.365. The van der Waals surface area contributed by atoms with Crippen LogP contribution in [0.4, 0.5) is 5.82 Å². The molecule has 2 rings (SSSR count). The molecular formula is C14H22N4S. The molecule has 1 saturated carbocycles. The second-order valence-corrected chi connectivity index (χ2v) is 5.95. The van der Waals surface area contributed by atoms with Crippen molar-refractivity contribution in [1.82, 2.24) is 10.2 Å². The van der Waals surface area contributed by atoms with E-state index in [1.165, 1.54) is 32.1 Å². The molecule has 0 saturated heterocycles. The van der Waals surface area contributed by atoms with E-state index >= 15 is 0 Å². The van der Waals surface area contributed by atoms with Crippen molar-refractivity contribution in [1.29, 1.82) is 0 Å². The van der Waals surface area contributed by atoms with Gasteiger partial charge in [-0.2, -0.15) is 5.10 Å². The summed E-state index contributed by atoms with van der Waals surface area (Å²) in [6.07, 6.45) is 8.26. The first-order valence-electron chi connectivity index (χ1n) is 7.02. The standard InChI is InChI=1S/C14H22N4S/c1-10-3-2-4-11(9-10)5-7-16-14-12(13(15)19)6-8-17-18-14/h6,8,10-11H,2-5,7,9H2,1H3,(H2,15,19)(H,16,18). The first-order chi connectivity index (χ1) is 9.16. The second-order valence-electron chi connectivity index (χ2n) is 5.51. The second kappa shape index (κ2) is 6.80. The topological polar surface area (TPSA) is 63.8 Å². The highest BCUT2D eigenvalue weighted by Gasteiger charge is 2.18. The van der Waals surface area contributed by atoms with Gasteiger partial charge in [0.1, 0.15) is 4.99 Å². The van der Waals surface area contributed by atoms with E-state index < -0.39 is 0 Å². The molecule has 3 N–H and O–H groups in total. The maximum Gasteiger partial charge on any atom is 0.158 e. The summed E-state index contributed by atoms with van der Waals surface area (Å²) in [6, 6.07) is 1.81. The van der Waals surface area contributed by atoms with E-state index in [-0.39, 0.29) is 0 Å². The molecule has 0 spiro atoms. The summed E-state index contributed by atoms with van der Waals surface area (Å²) in [5, 5.41) is 11.3. The molecule has 0 aliphatic heterocycles. The van der Waals surface area contributed by atoms with Crippen LogP contribution in [0.25, 0.3) is 0 Å². The van der Waals surface area contributed by atoms with Crippen molar-refractivity contribution in [3.63, 3.8) is 0 Å². The highest BCUT2D eigenvalue weighted by atomic mass is 32.1. The molecule has 0 amide bonds. The van der Waals surface area contributed by atoms with Gasteiger partial charge in [0, 0.05) is 6.54 Å². The zero-order valence-corrected chi connectivity index (χ0v) is 12.2. The number of nitrogens with zero attached hydrogens (tertiary/aromatic N) is 2. The molecular weight excluding hydrogens is 256 g/mol. The predicted octanol–water partition coefficient (Wildman–Crippen LogP) is 2.74. The van der Waals surface area contributed by atoms with Gasteiger partial charge in [0.15, 0.2) is 5.82 Å². The minimum absolute atomic E-state index is 0.365. The molecule has 104 valence electrons. The lowest BCUT2D eigenvalue weighted by Gasteiger charge is -2.26. The van der Waals surface area contributed by atoms with Crippen LogP contribution in [0, 0.1) is 11.8 Å². The van der Waals surface area contributed by atoms with Crippen molar-refractivity contribution >= 4 is 23.0 Å². The third-order valence-corrected chi connectivity index (χ3v) is 4.10. The van der Waals surface area contributed by atoms with Crippen LogP contribution in [0.15, 0.2) is 12.3 Å². The number of nitrogens with one attached hydrogen (secondary N) is 1. The van der Waals surface area contributed by atoms with Crippen LogP contribution in [-0.2, 0) is 0 Å². The number of nitrogens with two attached hydrogens (primary N) is 1. The molecule has 1 aromatic rings. The number of aromatic nitrogens is 2. The molecule has 19 heavy (non-hydrogen) atoms. The van der Waals surface area contributed by atoms with E-state index in [0.717, 1.165) is 23.9 Å². The summed E-state index contributed by atoms with van der Waals surface area (Å²) in [7, 11) is 0. The van der Waals surface area contributed by atoms with Crippen LogP contribution in [0.3, 0.4) is 0 Å². The summed E-state index contributed by atoms with van der Waals surface area (Å²) >= 11 is 5.01. The number of hydrogen-bond acceptors (Lipinski definition) is 4. The predicted molar refractivity (Wildman–Crippen MR) is 82.1 cm³/mol. The van der Waals surface area contributed by atoms with Crippen LogP contribution in [0.2, 0.25) is 0 Å². The van der Waals surface area contributed by atoms with Gasteiger partial charge in [0.25, 0.3) is 0 Å². The number of thiocarbonyl (C=S) groups is 1. The fourth-order valence-corrected chi connectivity index (χ4v) is 3.04. The molecule has 1 aliphatic rings. The fraction of sp³-hybridized carbons (Fsp3) is 0.643. The molecule has 0 bridgehead atoms. The van der Waals surface area contributed by atoms with Crippen molar-refractivity contribution < 1.29 is 0 Å². The van der Waals surface area contributed by atoms with E-state index in [9.17, 15) is 0 Å². The third kappa shape index (κ3) is 4.13. The SMILES string of the molecule is CC1CCCC(CCNc2nnccc2C(N)=S)C1. The summed E-state index contributed by atoms with van der Waals surface area (Å²) in [5.74, 6) is 2.42. The normalized spacial score (nSPS) is 23.0. The van der Waals surface area contributed by atoms with Crippen molar-refractivity contribution in [2.24, 2.45) is 17.6 Å². The Bertz CT molecular complexity index is 435. The van der Waals surface area contributed by atoms with Crippen LogP contribution in [0.5, 0.6) is 0 Å². The minimum Gasteiger partial charge on any atom is -0.389 e. The largest absolute Gasteiger partial charge is 0.389 e. The molecule has 0 radical (unpaired) electrons. The monoisotopic (exact) mass is 278 g/mol. The molecule has 2 unspecified atom stereocenters. The van der Waals surface area contributed by atoms with E-state index in [1.807, 2.05) is 0 Å². The van der Waals surface area contributed by atoms with Gasteiger partial charge in [0.2, 0.25) is 0 Å². The highest BCUT2D eigenvalue weighted by molar-refractivity contribution is 7.80. The van der Waals surface area contributed by atoms with Crippen molar-refractivity contribution in [2.75, 3.05) is 11.9 Å². The maximum absolute atomic E-state index is 5.67. The Hall–Kier alpha value is -1.23. The quantitative estimate of drug-likeness (QED) is 0.811. The Morgan fingerprint density at radius 2 is 2.37 bits per heavy atom. The van der Waals surface area contributed by atoms with Gasteiger partial charge in [-0.25, -0.2) is 0 Å². The Morgan fingerprint density at radius 3 is 3.11 bits per heavy atom. The van der Waals surface area contributed by atoms with Crippen LogP contribution in [-0.4, -0.2) is 21.7 Å². The lowest BCUT2D eigenvalue weighted by atomic mass is 9.81. The van der Waals surface area contributed by atoms with Gasteiger partial charge in [-0.3, -0.25) is 0 Å². The Labute approximate surface area is 120 Å². The Balaban J connectivity index is 1.84. The van der Waals surface area contributed by atoms with E-state index in [2.05, 4.69) is 22.4 Å². The summed E-state index contributed by atoms with van der Waals surface area (Å²) in [4.78, 5) is 0.365. The Morgan fingerprint density at radius 1 is 1.53 bits per heavy atom. The molecule has 1 fully saturated rings. The maximum atomic E-state index is 5.67. The van der Waals surface area contributed by atoms with Gasteiger partial charge < -0.3 is 11.1 Å². The Kier molecular flexibility index (Phi) is 5.07. The lowest BCUT2D eigenvalue weighted by Crippen LogP contribution is -2.19.